The van der Waals surface area contributed by atoms with Gasteiger partial charge in [-0.3, -0.25) is 14.2 Å². The summed E-state index contributed by atoms with van der Waals surface area (Å²) >= 11 is 0. The van der Waals surface area contributed by atoms with Crippen LogP contribution in [0, 0.1) is 0 Å². The monoisotopic (exact) mass is 403 g/mol. The molecule has 0 spiro atoms. The number of amides is 1. The van der Waals surface area contributed by atoms with E-state index in [0.29, 0.717) is 16.7 Å². The molecule has 0 fully saturated rings. The van der Waals surface area contributed by atoms with Gasteiger partial charge in [0.25, 0.3) is 5.56 Å². The predicted octanol–water partition coefficient (Wildman–Crippen LogP) is 2.79. The van der Waals surface area contributed by atoms with Gasteiger partial charge in [-0.25, -0.2) is 9.67 Å². The Bertz CT molecular complexity index is 1260. The second kappa shape index (κ2) is 8.20. The van der Waals surface area contributed by atoms with Gasteiger partial charge < -0.3 is 10.1 Å². The Labute approximate surface area is 172 Å². The minimum atomic E-state index is -0.322. The van der Waals surface area contributed by atoms with E-state index in [4.69, 9.17) is 4.74 Å². The third-order valence-corrected chi connectivity index (χ3v) is 4.80. The maximum Gasteiger partial charge on any atom is 0.264 e. The predicted molar refractivity (Wildman–Crippen MR) is 114 cm³/mol. The number of aromatic nitrogens is 4. The highest BCUT2D eigenvalue weighted by Gasteiger charge is 2.13. The summed E-state index contributed by atoms with van der Waals surface area (Å²) in [5.74, 6) is 0.426. The third-order valence-electron chi connectivity index (χ3n) is 4.80. The zero-order valence-electron chi connectivity index (χ0n) is 16.7. The minimum Gasteiger partial charge on any atom is -0.497 e. The molecular formula is C22H21N5O3. The molecule has 0 unspecified atom stereocenters. The number of nitrogens with one attached hydrogen (secondary N) is 1. The Hall–Kier alpha value is -3.94. The van der Waals surface area contributed by atoms with E-state index < -0.39 is 0 Å². The van der Waals surface area contributed by atoms with Crippen molar-refractivity contribution in [2.24, 2.45) is 0 Å². The van der Waals surface area contributed by atoms with Gasteiger partial charge in [-0.15, -0.1) is 0 Å². The molecule has 8 heteroatoms. The topological polar surface area (TPSA) is 91.0 Å². The van der Waals surface area contributed by atoms with Crippen LogP contribution < -0.4 is 15.6 Å². The van der Waals surface area contributed by atoms with Crippen molar-refractivity contribution in [3.8, 4) is 11.4 Å². The minimum absolute atomic E-state index is 0.133. The number of carbonyl (C=O) groups excluding carboxylic acids is 1. The van der Waals surface area contributed by atoms with E-state index in [1.54, 1.807) is 11.8 Å². The van der Waals surface area contributed by atoms with Gasteiger partial charge in [-0.2, -0.15) is 5.10 Å². The molecule has 4 rings (SSSR count). The molecule has 0 aliphatic carbocycles. The Morgan fingerprint density at radius 1 is 1.17 bits per heavy atom. The second-order valence-electron chi connectivity index (χ2n) is 6.77. The highest BCUT2D eigenvalue weighted by molar-refractivity contribution is 5.90. The smallest absolute Gasteiger partial charge is 0.264 e. The molecule has 0 radical (unpaired) electrons. The van der Waals surface area contributed by atoms with E-state index in [0.717, 1.165) is 23.4 Å². The first kappa shape index (κ1) is 19.4. The lowest BCUT2D eigenvalue weighted by molar-refractivity contribution is -0.116. The van der Waals surface area contributed by atoms with Crippen LogP contribution in [0.1, 0.15) is 12.5 Å². The summed E-state index contributed by atoms with van der Waals surface area (Å²) in [6.07, 6.45) is 3.71. The van der Waals surface area contributed by atoms with Crippen LogP contribution >= 0.6 is 0 Å². The van der Waals surface area contributed by atoms with Crippen LogP contribution in [-0.2, 0) is 17.8 Å². The Morgan fingerprint density at radius 2 is 1.97 bits per heavy atom. The average molecular weight is 403 g/mol. The number of aryl methyl sites for hydroxylation is 1. The van der Waals surface area contributed by atoms with Crippen molar-refractivity contribution in [3.05, 3.63) is 77.0 Å². The van der Waals surface area contributed by atoms with Crippen molar-refractivity contribution >= 4 is 22.6 Å². The number of fused-ring (bicyclic) bond motifs is 1. The first-order chi connectivity index (χ1) is 14.6. The van der Waals surface area contributed by atoms with Gasteiger partial charge in [-0.1, -0.05) is 19.1 Å². The van der Waals surface area contributed by atoms with Crippen LogP contribution in [0.3, 0.4) is 0 Å². The molecule has 1 N–H and O–H groups in total. The zero-order valence-corrected chi connectivity index (χ0v) is 16.7. The lowest BCUT2D eigenvalue weighted by Crippen LogP contribution is -2.27. The fourth-order valence-corrected chi connectivity index (χ4v) is 3.20. The molecule has 0 bridgehead atoms. The Morgan fingerprint density at radius 3 is 2.70 bits per heavy atom. The van der Waals surface area contributed by atoms with Crippen molar-refractivity contribution in [2.75, 3.05) is 12.4 Å². The molecule has 4 aromatic rings. The zero-order chi connectivity index (χ0) is 21.1. The average Bonchev–Trinajstić information content (AvgIpc) is 3.21. The van der Waals surface area contributed by atoms with Gasteiger partial charge in [-0.05, 0) is 48.4 Å². The largest absolute Gasteiger partial charge is 0.497 e. The number of nitrogens with zero attached hydrogens (tertiary/aromatic N) is 4. The molecule has 0 aliphatic rings. The van der Waals surface area contributed by atoms with Gasteiger partial charge in [0.15, 0.2) is 5.65 Å². The van der Waals surface area contributed by atoms with Crippen molar-refractivity contribution in [1.29, 1.82) is 0 Å². The van der Waals surface area contributed by atoms with Gasteiger partial charge >= 0.3 is 0 Å². The molecule has 1 amide bonds. The quantitative estimate of drug-likeness (QED) is 0.535. The van der Waals surface area contributed by atoms with Crippen LogP contribution in [0.4, 0.5) is 5.69 Å². The van der Waals surface area contributed by atoms with Crippen molar-refractivity contribution in [1.82, 2.24) is 19.3 Å². The summed E-state index contributed by atoms with van der Waals surface area (Å²) in [4.78, 5) is 29.6. The number of anilines is 1. The summed E-state index contributed by atoms with van der Waals surface area (Å²) in [5.41, 5.74) is 2.69. The maximum absolute atomic E-state index is 12.8. The fraction of sp³-hybridized carbons (Fsp3) is 0.182. The highest BCUT2D eigenvalue weighted by atomic mass is 16.5. The normalized spacial score (nSPS) is 10.9. The van der Waals surface area contributed by atoms with E-state index >= 15 is 0 Å². The van der Waals surface area contributed by atoms with E-state index in [-0.39, 0.29) is 18.0 Å². The molecule has 0 atom stereocenters. The highest BCUT2D eigenvalue weighted by Crippen LogP contribution is 2.17. The van der Waals surface area contributed by atoms with Crippen LogP contribution in [0.25, 0.3) is 16.7 Å². The van der Waals surface area contributed by atoms with Gasteiger partial charge in [0.05, 0.1) is 19.0 Å². The van der Waals surface area contributed by atoms with Gasteiger partial charge in [0, 0.05) is 5.69 Å². The first-order valence-corrected chi connectivity index (χ1v) is 9.55. The van der Waals surface area contributed by atoms with Crippen LogP contribution in [-0.4, -0.2) is 32.3 Å². The molecule has 2 aromatic heterocycles. The molecular weight excluding hydrogens is 382 g/mol. The molecule has 0 saturated heterocycles. The SMILES string of the molecule is CCc1cccc(NC(=O)Cn2cnc3c(cnn3-c3ccc(OC)cc3)c2=O)c1. The van der Waals surface area contributed by atoms with Gasteiger partial charge in [0.1, 0.15) is 24.0 Å². The number of ether oxygens (including phenoxy) is 1. The first-order valence-electron chi connectivity index (χ1n) is 9.55. The standard InChI is InChI=1S/C22H21N5O3/c1-3-15-5-4-6-16(11-15)25-20(28)13-26-14-23-21-19(22(26)29)12-24-27(21)17-7-9-18(30-2)10-8-17/h4-12,14H,3,13H2,1-2H3,(H,25,28). The van der Waals surface area contributed by atoms with E-state index in [2.05, 4.69) is 15.4 Å². The molecule has 2 aromatic carbocycles. The lowest BCUT2D eigenvalue weighted by atomic mass is 10.1. The molecule has 0 saturated carbocycles. The van der Waals surface area contributed by atoms with Gasteiger partial charge in [0.2, 0.25) is 5.91 Å². The van der Waals surface area contributed by atoms with Crippen molar-refractivity contribution in [3.63, 3.8) is 0 Å². The summed E-state index contributed by atoms with van der Waals surface area (Å²) in [5, 5.41) is 7.45. The number of methoxy groups -OCH3 is 1. The van der Waals surface area contributed by atoms with E-state index in [9.17, 15) is 9.59 Å². The lowest BCUT2D eigenvalue weighted by Gasteiger charge is -2.09. The Kier molecular flexibility index (Phi) is 5.30. The number of carbonyl (C=O) groups is 1. The van der Waals surface area contributed by atoms with Crippen LogP contribution in [0.2, 0.25) is 0 Å². The summed E-state index contributed by atoms with van der Waals surface area (Å²) < 4.78 is 8.02. The maximum atomic E-state index is 12.8. The fourth-order valence-electron chi connectivity index (χ4n) is 3.20. The number of benzene rings is 2. The summed E-state index contributed by atoms with van der Waals surface area (Å²) in [6, 6.07) is 14.9. The second-order valence-corrected chi connectivity index (χ2v) is 6.77. The summed E-state index contributed by atoms with van der Waals surface area (Å²) in [7, 11) is 1.60. The van der Waals surface area contributed by atoms with E-state index in [1.807, 2.05) is 55.5 Å². The van der Waals surface area contributed by atoms with Crippen molar-refractivity contribution in [2.45, 2.75) is 19.9 Å². The summed E-state index contributed by atoms with van der Waals surface area (Å²) in [6.45, 7) is 1.92. The molecule has 2 heterocycles. The van der Waals surface area contributed by atoms with Crippen LogP contribution in [0.5, 0.6) is 5.75 Å². The molecule has 30 heavy (non-hydrogen) atoms. The molecule has 8 nitrogen and oxygen atoms in total. The third kappa shape index (κ3) is 3.80. The number of hydrogen-bond donors (Lipinski definition) is 1. The molecule has 152 valence electrons. The van der Waals surface area contributed by atoms with Crippen molar-refractivity contribution < 1.29 is 9.53 Å². The van der Waals surface area contributed by atoms with Crippen LogP contribution in [0.15, 0.2) is 65.8 Å². The Balaban J connectivity index is 1.57. The number of hydrogen-bond acceptors (Lipinski definition) is 5. The molecule has 0 aliphatic heterocycles. The number of rotatable bonds is 6. The van der Waals surface area contributed by atoms with E-state index in [1.165, 1.54) is 17.1 Å².